The summed E-state index contributed by atoms with van der Waals surface area (Å²) < 4.78 is 0. The van der Waals surface area contributed by atoms with Gasteiger partial charge in [-0.25, -0.2) is 0 Å². The number of anilines is 1. The second-order valence-corrected chi connectivity index (χ2v) is 7.17. The van der Waals surface area contributed by atoms with E-state index in [0.29, 0.717) is 28.9 Å². The van der Waals surface area contributed by atoms with Crippen LogP contribution in [-0.2, 0) is 0 Å². The van der Waals surface area contributed by atoms with Gasteiger partial charge in [0.25, 0.3) is 17.7 Å². The van der Waals surface area contributed by atoms with Crippen molar-refractivity contribution >= 4 is 23.4 Å². The first-order valence-corrected chi connectivity index (χ1v) is 8.82. The lowest BCUT2D eigenvalue weighted by Crippen LogP contribution is -2.40. The van der Waals surface area contributed by atoms with Crippen LogP contribution in [0.1, 0.15) is 58.8 Å². The lowest BCUT2D eigenvalue weighted by atomic mass is 10.1. The Labute approximate surface area is 159 Å². The lowest BCUT2D eigenvalue weighted by Gasteiger charge is -2.20. The molecule has 0 atom stereocenters. The van der Waals surface area contributed by atoms with E-state index in [1.54, 1.807) is 48.5 Å². The van der Waals surface area contributed by atoms with Crippen LogP contribution in [-0.4, -0.2) is 29.8 Å². The quantitative estimate of drug-likeness (QED) is 0.758. The Morgan fingerprint density at radius 1 is 0.741 bits per heavy atom. The van der Waals surface area contributed by atoms with E-state index >= 15 is 0 Å². The second-order valence-electron chi connectivity index (χ2n) is 7.17. The molecule has 6 nitrogen and oxygen atoms in total. The van der Waals surface area contributed by atoms with Crippen molar-refractivity contribution in [1.29, 1.82) is 0 Å². The van der Waals surface area contributed by atoms with E-state index in [1.807, 2.05) is 27.7 Å². The van der Waals surface area contributed by atoms with Crippen molar-refractivity contribution in [2.75, 3.05) is 11.9 Å². The molecular formula is C21H25N3O3. The van der Waals surface area contributed by atoms with Crippen LogP contribution in [0, 0.1) is 0 Å². The average Bonchev–Trinajstić information content (AvgIpc) is 2.61. The van der Waals surface area contributed by atoms with Gasteiger partial charge in [0.15, 0.2) is 0 Å². The summed E-state index contributed by atoms with van der Waals surface area (Å²) in [5, 5.41) is 8.36. The van der Waals surface area contributed by atoms with Gasteiger partial charge in [0.2, 0.25) is 0 Å². The Morgan fingerprint density at radius 2 is 1.19 bits per heavy atom. The van der Waals surface area contributed by atoms with Crippen molar-refractivity contribution in [3.63, 3.8) is 0 Å². The summed E-state index contributed by atoms with van der Waals surface area (Å²) in [6.07, 6.45) is 0. The number of rotatable bonds is 5. The molecule has 0 unspecified atom stereocenters. The van der Waals surface area contributed by atoms with Gasteiger partial charge in [0.05, 0.1) is 0 Å². The van der Waals surface area contributed by atoms with Crippen molar-refractivity contribution < 1.29 is 14.4 Å². The number of amides is 3. The van der Waals surface area contributed by atoms with Gasteiger partial charge in [-0.2, -0.15) is 0 Å². The van der Waals surface area contributed by atoms with Gasteiger partial charge in [-0.05, 0) is 76.2 Å². The molecule has 2 aromatic rings. The van der Waals surface area contributed by atoms with Crippen molar-refractivity contribution in [3.05, 3.63) is 65.2 Å². The molecular weight excluding hydrogens is 342 g/mol. The molecule has 0 aromatic heterocycles. The minimum absolute atomic E-state index is 0.153. The Balaban J connectivity index is 2.02. The standard InChI is InChI=1S/C21H25N3O3/c1-5-22-18(25)14-10-12-17(13-11-14)23-19(26)15-6-8-16(9-7-15)20(27)24-21(2,3)4/h6-13H,5H2,1-4H3,(H,22,25)(H,23,26)(H,24,27). The molecule has 0 bridgehead atoms. The van der Waals surface area contributed by atoms with Crippen molar-refractivity contribution in [3.8, 4) is 0 Å². The van der Waals surface area contributed by atoms with E-state index in [1.165, 1.54) is 0 Å². The second kappa shape index (κ2) is 8.49. The molecule has 0 saturated heterocycles. The fourth-order valence-electron chi connectivity index (χ4n) is 2.36. The molecule has 27 heavy (non-hydrogen) atoms. The van der Waals surface area contributed by atoms with Gasteiger partial charge in [0.1, 0.15) is 0 Å². The SMILES string of the molecule is CCNC(=O)c1ccc(NC(=O)c2ccc(C(=O)NC(C)(C)C)cc2)cc1. The average molecular weight is 367 g/mol. The maximum absolute atomic E-state index is 12.4. The molecule has 0 saturated carbocycles. The number of carbonyl (C=O) groups excluding carboxylic acids is 3. The summed E-state index contributed by atoms with van der Waals surface area (Å²) in [4.78, 5) is 36.2. The number of nitrogens with one attached hydrogen (secondary N) is 3. The highest BCUT2D eigenvalue weighted by molar-refractivity contribution is 6.05. The number of hydrogen-bond acceptors (Lipinski definition) is 3. The molecule has 0 aliphatic rings. The molecule has 142 valence electrons. The smallest absolute Gasteiger partial charge is 0.255 e. The highest BCUT2D eigenvalue weighted by Crippen LogP contribution is 2.13. The highest BCUT2D eigenvalue weighted by Gasteiger charge is 2.15. The van der Waals surface area contributed by atoms with Crippen LogP contribution in [0.25, 0.3) is 0 Å². The molecule has 0 heterocycles. The van der Waals surface area contributed by atoms with Crippen molar-refractivity contribution in [2.45, 2.75) is 33.2 Å². The molecule has 0 spiro atoms. The van der Waals surface area contributed by atoms with Gasteiger partial charge >= 0.3 is 0 Å². The molecule has 3 amide bonds. The highest BCUT2D eigenvalue weighted by atomic mass is 16.2. The Morgan fingerprint density at radius 3 is 1.67 bits per heavy atom. The molecule has 2 rings (SSSR count). The third-order valence-electron chi connectivity index (χ3n) is 3.64. The van der Waals surface area contributed by atoms with Crippen molar-refractivity contribution in [2.24, 2.45) is 0 Å². The maximum atomic E-state index is 12.4. The Bertz CT molecular complexity index is 819. The van der Waals surface area contributed by atoms with Crippen LogP contribution >= 0.6 is 0 Å². The molecule has 6 heteroatoms. The predicted octanol–water partition coefficient (Wildman–Crippen LogP) is 3.22. The van der Waals surface area contributed by atoms with Gasteiger partial charge in [-0.3, -0.25) is 14.4 Å². The van der Waals surface area contributed by atoms with E-state index in [2.05, 4.69) is 16.0 Å². The lowest BCUT2D eigenvalue weighted by molar-refractivity contribution is 0.0916. The van der Waals surface area contributed by atoms with E-state index in [9.17, 15) is 14.4 Å². The zero-order valence-electron chi connectivity index (χ0n) is 16.1. The molecule has 3 N–H and O–H groups in total. The van der Waals surface area contributed by atoms with Crippen LogP contribution in [0.3, 0.4) is 0 Å². The van der Waals surface area contributed by atoms with Gasteiger partial charge < -0.3 is 16.0 Å². The largest absolute Gasteiger partial charge is 0.352 e. The van der Waals surface area contributed by atoms with Crippen molar-refractivity contribution in [1.82, 2.24) is 10.6 Å². The van der Waals surface area contributed by atoms with Crippen LogP contribution < -0.4 is 16.0 Å². The minimum Gasteiger partial charge on any atom is -0.352 e. The zero-order chi connectivity index (χ0) is 20.0. The summed E-state index contributed by atoms with van der Waals surface area (Å²) in [5.74, 6) is -0.626. The first-order valence-electron chi connectivity index (χ1n) is 8.82. The number of hydrogen-bond donors (Lipinski definition) is 3. The third kappa shape index (κ3) is 5.95. The molecule has 0 aliphatic heterocycles. The Hall–Kier alpha value is -3.15. The van der Waals surface area contributed by atoms with E-state index in [4.69, 9.17) is 0 Å². The molecule has 2 aromatic carbocycles. The first kappa shape index (κ1) is 20.2. The third-order valence-corrected chi connectivity index (χ3v) is 3.64. The summed E-state index contributed by atoms with van der Waals surface area (Å²) >= 11 is 0. The summed E-state index contributed by atoms with van der Waals surface area (Å²) in [5.41, 5.74) is 1.72. The first-order chi connectivity index (χ1) is 12.7. The van der Waals surface area contributed by atoms with Gasteiger partial charge in [0, 0.05) is 34.5 Å². The molecule has 0 aliphatic carbocycles. The summed E-state index contributed by atoms with van der Waals surface area (Å²) in [6, 6.07) is 13.1. The van der Waals surface area contributed by atoms with Crippen LogP contribution in [0.5, 0.6) is 0 Å². The fourth-order valence-corrected chi connectivity index (χ4v) is 2.36. The maximum Gasteiger partial charge on any atom is 0.255 e. The van der Waals surface area contributed by atoms with Crippen LogP contribution in [0.4, 0.5) is 5.69 Å². The monoisotopic (exact) mass is 367 g/mol. The fraction of sp³-hybridized carbons (Fsp3) is 0.286. The van der Waals surface area contributed by atoms with Gasteiger partial charge in [-0.1, -0.05) is 0 Å². The van der Waals surface area contributed by atoms with E-state index in [-0.39, 0.29) is 23.3 Å². The molecule has 0 fully saturated rings. The number of benzene rings is 2. The van der Waals surface area contributed by atoms with Crippen LogP contribution in [0.2, 0.25) is 0 Å². The summed E-state index contributed by atoms with van der Waals surface area (Å²) in [7, 11) is 0. The zero-order valence-corrected chi connectivity index (χ0v) is 16.1. The molecule has 0 radical (unpaired) electrons. The van der Waals surface area contributed by atoms with Crippen LogP contribution in [0.15, 0.2) is 48.5 Å². The van der Waals surface area contributed by atoms with E-state index < -0.39 is 0 Å². The van der Waals surface area contributed by atoms with E-state index in [0.717, 1.165) is 0 Å². The van der Waals surface area contributed by atoms with Gasteiger partial charge in [-0.15, -0.1) is 0 Å². The predicted molar refractivity (Wildman–Crippen MR) is 106 cm³/mol. The summed E-state index contributed by atoms with van der Waals surface area (Å²) in [6.45, 7) is 8.13. The number of carbonyl (C=O) groups is 3. The normalized spacial score (nSPS) is 10.8. The Kier molecular flexibility index (Phi) is 6.34. The minimum atomic E-state index is -0.326. The topological polar surface area (TPSA) is 87.3 Å².